The molecule has 1 aliphatic heterocycles. The van der Waals surface area contributed by atoms with Gasteiger partial charge in [0, 0.05) is 25.2 Å². The monoisotopic (exact) mass is 297 g/mol. The van der Waals surface area contributed by atoms with Crippen molar-refractivity contribution in [2.45, 2.75) is 45.1 Å². The van der Waals surface area contributed by atoms with Gasteiger partial charge in [0.15, 0.2) is 0 Å². The van der Waals surface area contributed by atoms with E-state index in [9.17, 15) is 4.79 Å². The Morgan fingerprint density at radius 2 is 2.09 bits per heavy atom. The minimum absolute atomic E-state index is 0.277. The summed E-state index contributed by atoms with van der Waals surface area (Å²) in [4.78, 5) is 14.4. The lowest BCUT2D eigenvalue weighted by Crippen LogP contribution is -2.42. The van der Waals surface area contributed by atoms with Crippen molar-refractivity contribution in [2.24, 2.45) is 0 Å². The fraction of sp³-hybridized carbons (Fsp3) is 0.444. The quantitative estimate of drug-likeness (QED) is 0.869. The van der Waals surface area contributed by atoms with Crippen molar-refractivity contribution < 1.29 is 4.79 Å². The number of hydrogen-bond acceptors (Lipinski definition) is 2. The first-order valence-electron chi connectivity index (χ1n) is 8.12. The van der Waals surface area contributed by atoms with E-state index in [0.29, 0.717) is 12.5 Å². The number of para-hydroxylation sites is 1. The maximum Gasteiger partial charge on any atom is 0.223 e. The third-order valence-corrected chi connectivity index (χ3v) is 4.41. The van der Waals surface area contributed by atoms with Gasteiger partial charge in [-0.2, -0.15) is 5.10 Å². The van der Waals surface area contributed by atoms with Gasteiger partial charge >= 0.3 is 0 Å². The zero-order chi connectivity index (χ0) is 15.4. The normalized spacial score (nSPS) is 18.4. The molecule has 1 unspecified atom stereocenters. The third kappa shape index (κ3) is 3.38. The lowest BCUT2D eigenvalue weighted by Gasteiger charge is -2.33. The number of piperidine rings is 1. The number of aromatic nitrogens is 2. The molecule has 3 rings (SSSR count). The highest BCUT2D eigenvalue weighted by molar-refractivity contribution is 5.76. The van der Waals surface area contributed by atoms with E-state index in [4.69, 9.17) is 0 Å². The summed E-state index contributed by atoms with van der Waals surface area (Å²) < 4.78 is 1.86. The van der Waals surface area contributed by atoms with Crippen molar-refractivity contribution in [3.8, 4) is 5.69 Å². The number of nitrogens with zero attached hydrogens (tertiary/aromatic N) is 3. The van der Waals surface area contributed by atoms with Gasteiger partial charge in [-0.1, -0.05) is 18.2 Å². The van der Waals surface area contributed by atoms with Crippen LogP contribution in [0.2, 0.25) is 0 Å². The summed E-state index contributed by atoms with van der Waals surface area (Å²) in [6, 6.07) is 10.4. The first kappa shape index (κ1) is 14.8. The lowest BCUT2D eigenvalue weighted by atomic mass is 10.0. The van der Waals surface area contributed by atoms with Gasteiger partial charge in [-0.05, 0) is 50.3 Å². The van der Waals surface area contributed by atoms with Gasteiger partial charge in [-0.3, -0.25) is 4.79 Å². The summed E-state index contributed by atoms with van der Waals surface area (Å²) in [6.07, 6.45) is 8.73. The Morgan fingerprint density at radius 1 is 1.27 bits per heavy atom. The van der Waals surface area contributed by atoms with E-state index in [-0.39, 0.29) is 5.91 Å². The molecule has 116 valence electrons. The average molecular weight is 297 g/mol. The van der Waals surface area contributed by atoms with E-state index < -0.39 is 0 Å². The van der Waals surface area contributed by atoms with Gasteiger partial charge in [0.1, 0.15) is 0 Å². The molecule has 1 atom stereocenters. The van der Waals surface area contributed by atoms with Crippen LogP contribution in [0.15, 0.2) is 42.7 Å². The van der Waals surface area contributed by atoms with Crippen LogP contribution in [-0.2, 0) is 11.2 Å². The molecule has 2 aromatic rings. The van der Waals surface area contributed by atoms with Crippen LogP contribution in [0, 0.1) is 0 Å². The summed E-state index contributed by atoms with van der Waals surface area (Å²) in [6.45, 7) is 3.08. The highest BCUT2D eigenvalue weighted by Gasteiger charge is 2.22. The number of likely N-dealkylation sites (tertiary alicyclic amines) is 1. The summed E-state index contributed by atoms with van der Waals surface area (Å²) in [5, 5.41) is 4.38. The first-order valence-corrected chi connectivity index (χ1v) is 8.12. The van der Waals surface area contributed by atoms with Crippen LogP contribution in [0.3, 0.4) is 0 Å². The molecule has 4 nitrogen and oxygen atoms in total. The number of carbonyl (C=O) groups is 1. The topological polar surface area (TPSA) is 38.1 Å². The van der Waals surface area contributed by atoms with Gasteiger partial charge < -0.3 is 4.90 Å². The molecule has 1 aromatic carbocycles. The maximum absolute atomic E-state index is 12.4. The van der Waals surface area contributed by atoms with E-state index in [0.717, 1.165) is 37.1 Å². The van der Waals surface area contributed by atoms with Gasteiger partial charge in [0.2, 0.25) is 5.91 Å². The van der Waals surface area contributed by atoms with Crippen LogP contribution < -0.4 is 0 Å². The molecule has 1 aliphatic rings. The van der Waals surface area contributed by atoms with Crippen LogP contribution in [-0.4, -0.2) is 33.2 Å². The molecule has 22 heavy (non-hydrogen) atoms. The molecule has 0 spiro atoms. The number of carbonyl (C=O) groups excluding carboxylic acids is 1. The SMILES string of the molecule is CC1CCCCN1C(=O)CCc1cnn(-c2ccccc2)c1. The van der Waals surface area contributed by atoms with Crippen molar-refractivity contribution in [3.05, 3.63) is 48.3 Å². The van der Waals surface area contributed by atoms with Gasteiger partial charge in [-0.15, -0.1) is 0 Å². The molecule has 2 heterocycles. The van der Waals surface area contributed by atoms with Crippen molar-refractivity contribution >= 4 is 5.91 Å². The second kappa shape index (κ2) is 6.77. The van der Waals surface area contributed by atoms with Crippen LogP contribution >= 0.6 is 0 Å². The minimum atomic E-state index is 0.277. The van der Waals surface area contributed by atoms with Gasteiger partial charge in [0.05, 0.1) is 11.9 Å². The molecule has 4 heteroatoms. The van der Waals surface area contributed by atoms with Crippen LogP contribution in [0.5, 0.6) is 0 Å². The zero-order valence-corrected chi connectivity index (χ0v) is 13.1. The second-order valence-corrected chi connectivity index (χ2v) is 6.06. The van der Waals surface area contributed by atoms with E-state index in [1.165, 1.54) is 6.42 Å². The van der Waals surface area contributed by atoms with E-state index >= 15 is 0 Å². The van der Waals surface area contributed by atoms with Crippen molar-refractivity contribution in [1.29, 1.82) is 0 Å². The lowest BCUT2D eigenvalue weighted by molar-refractivity contribution is -0.134. The van der Waals surface area contributed by atoms with Crippen LogP contribution in [0.25, 0.3) is 5.69 Å². The molecular weight excluding hydrogens is 274 g/mol. The Hall–Kier alpha value is -2.10. The standard InChI is InChI=1S/C18H23N3O/c1-15-7-5-6-12-20(15)18(22)11-10-16-13-19-21(14-16)17-8-3-2-4-9-17/h2-4,8-9,13-15H,5-7,10-12H2,1H3. The predicted molar refractivity (Wildman–Crippen MR) is 86.9 cm³/mol. The number of amides is 1. The molecule has 0 N–H and O–H groups in total. The Labute approximate surface area is 131 Å². The number of benzene rings is 1. The molecule has 1 amide bonds. The summed E-state index contributed by atoms with van der Waals surface area (Å²) >= 11 is 0. The molecule has 1 saturated heterocycles. The Bertz CT molecular complexity index is 620. The number of aryl methyl sites for hydroxylation is 1. The van der Waals surface area contributed by atoms with Crippen molar-refractivity contribution in [2.75, 3.05) is 6.54 Å². The number of rotatable bonds is 4. The van der Waals surface area contributed by atoms with E-state index in [1.807, 2.05) is 52.3 Å². The summed E-state index contributed by atoms with van der Waals surface area (Å²) in [7, 11) is 0. The highest BCUT2D eigenvalue weighted by atomic mass is 16.2. The average Bonchev–Trinajstić information content (AvgIpc) is 3.03. The molecular formula is C18H23N3O. The van der Waals surface area contributed by atoms with Gasteiger partial charge in [-0.25, -0.2) is 4.68 Å². The van der Waals surface area contributed by atoms with E-state index in [2.05, 4.69) is 12.0 Å². The van der Waals surface area contributed by atoms with Crippen LogP contribution in [0.4, 0.5) is 0 Å². The Kier molecular flexibility index (Phi) is 4.56. The largest absolute Gasteiger partial charge is 0.340 e. The fourth-order valence-electron chi connectivity index (χ4n) is 3.07. The van der Waals surface area contributed by atoms with Gasteiger partial charge in [0.25, 0.3) is 0 Å². The highest BCUT2D eigenvalue weighted by Crippen LogP contribution is 2.18. The molecule has 1 fully saturated rings. The molecule has 1 aromatic heterocycles. The second-order valence-electron chi connectivity index (χ2n) is 6.06. The minimum Gasteiger partial charge on any atom is -0.340 e. The Morgan fingerprint density at radius 3 is 2.86 bits per heavy atom. The molecule has 0 radical (unpaired) electrons. The molecule has 0 aliphatic carbocycles. The van der Waals surface area contributed by atoms with Crippen molar-refractivity contribution in [1.82, 2.24) is 14.7 Å². The van der Waals surface area contributed by atoms with Crippen LogP contribution in [0.1, 0.15) is 38.2 Å². The summed E-state index contributed by atoms with van der Waals surface area (Å²) in [5.74, 6) is 0.277. The molecule has 0 bridgehead atoms. The van der Waals surface area contributed by atoms with E-state index in [1.54, 1.807) is 0 Å². The third-order valence-electron chi connectivity index (χ3n) is 4.41. The first-order chi connectivity index (χ1) is 10.7. The van der Waals surface area contributed by atoms with Crippen molar-refractivity contribution in [3.63, 3.8) is 0 Å². The number of hydrogen-bond donors (Lipinski definition) is 0. The summed E-state index contributed by atoms with van der Waals surface area (Å²) in [5.41, 5.74) is 2.16. The smallest absolute Gasteiger partial charge is 0.223 e. The maximum atomic E-state index is 12.4. The zero-order valence-electron chi connectivity index (χ0n) is 13.1. The fourth-order valence-corrected chi connectivity index (χ4v) is 3.07. The molecule has 0 saturated carbocycles. The predicted octanol–water partition coefficient (Wildman–Crippen LogP) is 3.21. The Balaban J connectivity index is 1.58.